The van der Waals surface area contributed by atoms with Gasteiger partial charge in [-0.2, -0.15) is 4.72 Å². The Morgan fingerprint density at radius 2 is 1.59 bits per heavy atom. The first-order chi connectivity index (χ1) is 16.3. The molecule has 2 N–H and O–H groups in total. The van der Waals surface area contributed by atoms with E-state index < -0.39 is 28.1 Å². The van der Waals surface area contributed by atoms with Crippen LogP contribution in [0.4, 0.5) is 0 Å². The molecule has 4 aromatic rings. The molecule has 2 atom stereocenters. The van der Waals surface area contributed by atoms with Gasteiger partial charge in [-0.25, -0.2) is 13.4 Å². The molecule has 0 aliphatic rings. The highest BCUT2D eigenvalue weighted by atomic mass is 32.2. The number of aromatic nitrogens is 1. The third-order valence-corrected chi connectivity index (χ3v) is 7.80. The number of nitrogens with one attached hydrogen (secondary N) is 1. The standard InChI is InChI=1S/C24H22N2O6S2/c1-31-17-11-7-15(8-12-17)16-9-13-18(14-10-16)34(29,30)26-21(24(27)28)22(32-2)23-25-19-5-3-4-6-20(19)33-23/h3-14,21-22,26H,1-2H3,(H,27,28)/t21-,22+/m1/s1. The normalized spacial score (nSPS) is 13.5. The van der Waals surface area contributed by atoms with Crippen LogP contribution in [0.25, 0.3) is 21.3 Å². The third-order valence-electron chi connectivity index (χ3n) is 5.25. The van der Waals surface area contributed by atoms with Crippen molar-refractivity contribution >= 4 is 37.5 Å². The number of aliphatic carboxylic acids is 1. The second kappa shape index (κ2) is 9.90. The topological polar surface area (TPSA) is 115 Å². The maximum Gasteiger partial charge on any atom is 0.324 e. The van der Waals surface area contributed by atoms with E-state index in [0.29, 0.717) is 16.3 Å². The summed E-state index contributed by atoms with van der Waals surface area (Å²) in [4.78, 5) is 16.4. The Balaban J connectivity index is 1.59. The summed E-state index contributed by atoms with van der Waals surface area (Å²) in [5.74, 6) is -0.655. The molecule has 0 saturated heterocycles. The minimum atomic E-state index is -4.16. The highest BCUT2D eigenvalue weighted by Crippen LogP contribution is 2.31. The predicted molar refractivity (Wildman–Crippen MR) is 130 cm³/mol. The molecular formula is C24H22N2O6S2. The summed E-state index contributed by atoms with van der Waals surface area (Å²) in [5, 5.41) is 10.2. The van der Waals surface area contributed by atoms with Crippen LogP contribution in [0.3, 0.4) is 0 Å². The largest absolute Gasteiger partial charge is 0.497 e. The number of ether oxygens (including phenoxy) is 2. The molecule has 176 valence electrons. The average Bonchev–Trinajstić information content (AvgIpc) is 3.28. The number of thiazole rings is 1. The molecular weight excluding hydrogens is 476 g/mol. The number of sulfonamides is 1. The number of benzene rings is 3. The lowest BCUT2D eigenvalue weighted by Crippen LogP contribution is -2.45. The van der Waals surface area contributed by atoms with Gasteiger partial charge in [0.1, 0.15) is 16.9 Å². The van der Waals surface area contributed by atoms with E-state index >= 15 is 0 Å². The number of fused-ring (bicyclic) bond motifs is 1. The fraction of sp³-hybridized carbons (Fsp3) is 0.167. The number of carboxylic acid groups (broad SMARTS) is 1. The Hall–Kier alpha value is -3.31. The van der Waals surface area contributed by atoms with Crippen LogP contribution in [-0.2, 0) is 19.6 Å². The van der Waals surface area contributed by atoms with Crippen molar-refractivity contribution in [3.8, 4) is 16.9 Å². The van der Waals surface area contributed by atoms with Crippen LogP contribution >= 0.6 is 11.3 Å². The monoisotopic (exact) mass is 498 g/mol. The molecule has 0 bridgehead atoms. The maximum atomic E-state index is 13.0. The molecule has 0 amide bonds. The molecule has 8 nitrogen and oxygen atoms in total. The maximum absolute atomic E-state index is 13.0. The van der Waals surface area contributed by atoms with Gasteiger partial charge in [0.15, 0.2) is 6.04 Å². The van der Waals surface area contributed by atoms with E-state index in [9.17, 15) is 18.3 Å². The molecule has 0 aliphatic carbocycles. The minimum absolute atomic E-state index is 0.0600. The highest BCUT2D eigenvalue weighted by molar-refractivity contribution is 7.89. The van der Waals surface area contributed by atoms with Gasteiger partial charge in [0.25, 0.3) is 0 Å². The van der Waals surface area contributed by atoms with Gasteiger partial charge in [0.05, 0.1) is 22.2 Å². The first-order valence-corrected chi connectivity index (χ1v) is 12.5. The van der Waals surface area contributed by atoms with Crippen molar-refractivity contribution < 1.29 is 27.8 Å². The zero-order chi connectivity index (χ0) is 24.3. The van der Waals surface area contributed by atoms with Gasteiger partial charge in [-0.1, -0.05) is 36.4 Å². The first kappa shape index (κ1) is 23.8. The number of carbonyl (C=O) groups is 1. The van der Waals surface area contributed by atoms with E-state index in [0.717, 1.165) is 15.8 Å². The molecule has 1 heterocycles. The van der Waals surface area contributed by atoms with E-state index in [1.54, 1.807) is 25.3 Å². The summed E-state index contributed by atoms with van der Waals surface area (Å²) >= 11 is 1.26. The van der Waals surface area contributed by atoms with Crippen molar-refractivity contribution in [2.45, 2.75) is 17.0 Å². The Labute approximate surface area is 200 Å². The van der Waals surface area contributed by atoms with Crippen molar-refractivity contribution in [3.63, 3.8) is 0 Å². The van der Waals surface area contributed by atoms with Crippen LogP contribution in [0.1, 0.15) is 11.1 Å². The van der Waals surface area contributed by atoms with Gasteiger partial charge in [0, 0.05) is 7.11 Å². The lowest BCUT2D eigenvalue weighted by molar-refractivity contribution is -0.142. The SMILES string of the molecule is COc1ccc(-c2ccc(S(=O)(=O)N[C@@H](C(=O)O)[C@H](OC)c3nc4ccccc4s3)cc2)cc1. The van der Waals surface area contributed by atoms with Crippen LogP contribution < -0.4 is 9.46 Å². The van der Waals surface area contributed by atoms with Gasteiger partial charge >= 0.3 is 5.97 Å². The second-order valence-electron chi connectivity index (χ2n) is 7.37. The summed E-state index contributed by atoms with van der Waals surface area (Å²) in [6.07, 6.45) is -1.11. The molecule has 0 saturated carbocycles. The van der Waals surface area contributed by atoms with Crippen molar-refractivity contribution in [2.24, 2.45) is 0 Å². The number of para-hydroxylation sites is 1. The fourth-order valence-electron chi connectivity index (χ4n) is 3.48. The molecule has 0 fully saturated rings. The second-order valence-corrected chi connectivity index (χ2v) is 10.1. The summed E-state index contributed by atoms with van der Waals surface area (Å²) in [7, 11) is -1.26. The van der Waals surface area contributed by atoms with Gasteiger partial charge in [-0.15, -0.1) is 11.3 Å². The molecule has 3 aromatic carbocycles. The van der Waals surface area contributed by atoms with Gasteiger partial charge in [-0.3, -0.25) is 4.79 Å². The summed E-state index contributed by atoms with van der Waals surface area (Å²) in [6.45, 7) is 0. The predicted octanol–water partition coefficient (Wildman–Crippen LogP) is 4.09. The summed E-state index contributed by atoms with van der Waals surface area (Å²) in [5.41, 5.74) is 2.38. The van der Waals surface area contributed by atoms with E-state index in [4.69, 9.17) is 9.47 Å². The number of hydrogen-bond acceptors (Lipinski definition) is 7. The Bertz CT molecular complexity index is 1370. The summed E-state index contributed by atoms with van der Waals surface area (Å²) in [6, 6.07) is 19.3. The van der Waals surface area contributed by atoms with Crippen molar-refractivity contribution in [1.29, 1.82) is 0 Å². The molecule has 4 rings (SSSR count). The van der Waals surface area contributed by atoms with E-state index in [-0.39, 0.29) is 4.90 Å². The van der Waals surface area contributed by atoms with Crippen LogP contribution in [-0.4, -0.2) is 44.7 Å². The van der Waals surface area contributed by atoms with Crippen molar-refractivity contribution in [2.75, 3.05) is 14.2 Å². The number of rotatable bonds is 9. The molecule has 34 heavy (non-hydrogen) atoms. The number of carboxylic acids is 1. The first-order valence-electron chi connectivity index (χ1n) is 10.2. The molecule has 0 spiro atoms. The molecule has 0 unspecified atom stereocenters. The molecule has 1 aromatic heterocycles. The van der Waals surface area contributed by atoms with Gasteiger partial charge in [0.2, 0.25) is 10.0 Å². The Kier molecular flexibility index (Phi) is 6.94. The van der Waals surface area contributed by atoms with Gasteiger partial charge < -0.3 is 14.6 Å². The van der Waals surface area contributed by atoms with E-state index in [1.165, 1.54) is 30.6 Å². The summed E-state index contributed by atoms with van der Waals surface area (Å²) < 4.78 is 39.8. The van der Waals surface area contributed by atoms with E-state index in [1.807, 2.05) is 42.5 Å². The lowest BCUT2D eigenvalue weighted by atomic mass is 10.1. The number of nitrogens with zero attached hydrogens (tertiary/aromatic N) is 1. The quantitative estimate of drug-likeness (QED) is 0.357. The van der Waals surface area contributed by atoms with Crippen LogP contribution in [0.15, 0.2) is 77.7 Å². The molecule has 0 aliphatic heterocycles. The zero-order valence-corrected chi connectivity index (χ0v) is 20.0. The van der Waals surface area contributed by atoms with Crippen LogP contribution in [0.2, 0.25) is 0 Å². The molecule has 0 radical (unpaired) electrons. The Morgan fingerprint density at radius 3 is 2.15 bits per heavy atom. The number of hydrogen-bond donors (Lipinski definition) is 2. The smallest absolute Gasteiger partial charge is 0.324 e. The van der Waals surface area contributed by atoms with Crippen LogP contribution in [0.5, 0.6) is 5.75 Å². The van der Waals surface area contributed by atoms with E-state index in [2.05, 4.69) is 9.71 Å². The highest BCUT2D eigenvalue weighted by Gasteiger charge is 2.36. The number of methoxy groups -OCH3 is 2. The van der Waals surface area contributed by atoms with Crippen molar-refractivity contribution in [1.82, 2.24) is 9.71 Å². The van der Waals surface area contributed by atoms with Crippen LogP contribution in [0, 0.1) is 0 Å². The average molecular weight is 499 g/mol. The van der Waals surface area contributed by atoms with Gasteiger partial charge in [-0.05, 0) is 47.5 Å². The lowest BCUT2D eigenvalue weighted by Gasteiger charge is -2.22. The third kappa shape index (κ3) is 4.95. The fourth-order valence-corrected chi connectivity index (χ4v) is 5.75. The minimum Gasteiger partial charge on any atom is -0.497 e. The zero-order valence-electron chi connectivity index (χ0n) is 18.3. The Morgan fingerprint density at radius 1 is 0.971 bits per heavy atom. The van der Waals surface area contributed by atoms with Crippen molar-refractivity contribution in [3.05, 3.63) is 77.8 Å². The molecule has 10 heteroatoms.